The van der Waals surface area contributed by atoms with Gasteiger partial charge in [0, 0.05) is 22.3 Å². The predicted molar refractivity (Wildman–Crippen MR) is 115 cm³/mol. The molecule has 0 bridgehead atoms. The van der Waals surface area contributed by atoms with Crippen LogP contribution in [0.15, 0.2) is 96.4 Å². The number of nitrogens with one attached hydrogen (secondary N) is 1. The molecule has 1 heterocycles. The second-order valence-electron chi connectivity index (χ2n) is 7.58. The largest absolute Gasteiger partial charge is 0.453 e. The molecule has 0 amide bonds. The van der Waals surface area contributed by atoms with E-state index in [1.54, 1.807) is 84.9 Å². The fourth-order valence-electron chi connectivity index (χ4n) is 4.05. The first-order valence-electron chi connectivity index (χ1n) is 10.1. The summed E-state index contributed by atoms with van der Waals surface area (Å²) in [5.41, 5.74) is -1.03. The van der Waals surface area contributed by atoms with Gasteiger partial charge >= 0.3 is 0 Å². The van der Waals surface area contributed by atoms with E-state index in [9.17, 15) is 19.2 Å². The Kier molecular flexibility index (Phi) is 4.56. The summed E-state index contributed by atoms with van der Waals surface area (Å²) in [6, 6.07) is 23.1. The molecule has 156 valence electrons. The van der Waals surface area contributed by atoms with Gasteiger partial charge in [0.05, 0.1) is 6.54 Å². The lowest BCUT2D eigenvalue weighted by Gasteiger charge is -2.24. The van der Waals surface area contributed by atoms with Gasteiger partial charge in [-0.25, -0.2) is 0 Å². The normalized spacial score (nSPS) is 16.4. The highest BCUT2D eigenvalue weighted by atomic mass is 16.5. The van der Waals surface area contributed by atoms with E-state index in [1.165, 1.54) is 0 Å². The van der Waals surface area contributed by atoms with Crippen LogP contribution in [0, 0.1) is 0 Å². The van der Waals surface area contributed by atoms with E-state index in [1.807, 2.05) is 0 Å². The van der Waals surface area contributed by atoms with Gasteiger partial charge in [-0.05, 0) is 0 Å². The summed E-state index contributed by atoms with van der Waals surface area (Å²) in [7, 11) is 0. The van der Waals surface area contributed by atoms with Crippen LogP contribution in [0.1, 0.15) is 41.4 Å². The molecule has 1 N–H and O–H groups in total. The molecule has 0 atom stereocenters. The molecular formula is C26H17NO5. The zero-order chi connectivity index (χ0) is 22.3. The molecule has 0 radical (unpaired) electrons. The van der Waals surface area contributed by atoms with Crippen LogP contribution in [0.25, 0.3) is 0 Å². The van der Waals surface area contributed by atoms with Crippen molar-refractivity contribution in [2.24, 2.45) is 0 Å². The molecule has 0 spiro atoms. The van der Waals surface area contributed by atoms with Crippen molar-refractivity contribution >= 4 is 23.1 Å². The van der Waals surface area contributed by atoms with Gasteiger partial charge in [-0.1, -0.05) is 84.9 Å². The van der Waals surface area contributed by atoms with Crippen molar-refractivity contribution in [1.82, 2.24) is 5.32 Å². The molecule has 1 saturated heterocycles. The van der Waals surface area contributed by atoms with Crippen molar-refractivity contribution < 1.29 is 23.9 Å². The first-order chi connectivity index (χ1) is 15.5. The molecule has 0 aromatic heterocycles. The molecule has 6 heteroatoms. The van der Waals surface area contributed by atoms with E-state index >= 15 is 0 Å². The van der Waals surface area contributed by atoms with Crippen molar-refractivity contribution in [1.29, 1.82) is 0 Å². The van der Waals surface area contributed by atoms with Gasteiger partial charge in [0.2, 0.25) is 29.0 Å². The topological polar surface area (TPSA) is 89.5 Å². The molecule has 3 aromatic rings. The Morgan fingerprint density at radius 3 is 1.59 bits per heavy atom. The highest BCUT2D eigenvalue weighted by Gasteiger charge is 2.54. The van der Waals surface area contributed by atoms with E-state index in [0.29, 0.717) is 0 Å². The smallest absolute Gasteiger partial charge is 0.252 e. The van der Waals surface area contributed by atoms with Gasteiger partial charge in [0.1, 0.15) is 5.57 Å². The van der Waals surface area contributed by atoms with Crippen LogP contribution in [0.2, 0.25) is 0 Å². The standard InChI is InChI=1S/C26H17NO5/c28-21-18-13-7-8-14-19(18)22(29)20(21)25-27-15-26(32-25,23(30)16-9-3-1-4-10-16)24(31)17-11-5-2-6-12-17/h1-14,27H,15H2. The Morgan fingerprint density at radius 2 is 1.12 bits per heavy atom. The summed E-state index contributed by atoms with van der Waals surface area (Å²) in [6.07, 6.45) is 0. The summed E-state index contributed by atoms with van der Waals surface area (Å²) in [6.45, 7) is -0.204. The predicted octanol–water partition coefficient (Wildman–Crippen LogP) is 3.40. The zero-order valence-corrected chi connectivity index (χ0v) is 16.8. The summed E-state index contributed by atoms with van der Waals surface area (Å²) in [5, 5.41) is 2.86. The lowest BCUT2D eigenvalue weighted by molar-refractivity contribution is 0.0323. The Balaban J connectivity index is 1.62. The molecule has 1 fully saturated rings. The lowest BCUT2D eigenvalue weighted by Crippen LogP contribution is -2.50. The summed E-state index contributed by atoms with van der Waals surface area (Å²) in [5.74, 6) is -2.24. The molecule has 2 aliphatic rings. The van der Waals surface area contributed by atoms with E-state index in [-0.39, 0.29) is 40.3 Å². The van der Waals surface area contributed by atoms with Gasteiger partial charge in [-0.2, -0.15) is 0 Å². The molecule has 0 saturated carbocycles. The molecule has 1 aliphatic heterocycles. The third kappa shape index (κ3) is 2.88. The van der Waals surface area contributed by atoms with Gasteiger partial charge in [0.15, 0.2) is 0 Å². The Morgan fingerprint density at radius 1 is 0.688 bits per heavy atom. The Hall–Kier alpha value is -4.32. The molecule has 1 aliphatic carbocycles. The zero-order valence-electron chi connectivity index (χ0n) is 16.8. The number of fused-ring (bicyclic) bond motifs is 1. The molecule has 6 nitrogen and oxygen atoms in total. The van der Waals surface area contributed by atoms with E-state index in [0.717, 1.165) is 0 Å². The van der Waals surface area contributed by atoms with Crippen molar-refractivity contribution in [3.8, 4) is 0 Å². The van der Waals surface area contributed by atoms with E-state index in [4.69, 9.17) is 4.74 Å². The highest BCUT2D eigenvalue weighted by molar-refractivity contribution is 6.39. The highest BCUT2D eigenvalue weighted by Crippen LogP contribution is 2.35. The summed E-state index contributed by atoms with van der Waals surface area (Å²) in [4.78, 5) is 52.9. The first kappa shape index (κ1) is 19.6. The van der Waals surface area contributed by atoms with Crippen LogP contribution in [0.5, 0.6) is 0 Å². The third-order valence-corrected chi connectivity index (χ3v) is 5.68. The maximum Gasteiger partial charge on any atom is 0.252 e. The average molecular weight is 423 g/mol. The lowest BCUT2D eigenvalue weighted by atomic mass is 9.85. The number of carbonyl (C=O) groups is 4. The third-order valence-electron chi connectivity index (χ3n) is 5.68. The number of allylic oxidation sites excluding steroid dienone is 1. The van der Waals surface area contributed by atoms with Crippen LogP contribution in [-0.4, -0.2) is 35.3 Å². The average Bonchev–Trinajstić information content (AvgIpc) is 3.39. The van der Waals surface area contributed by atoms with Crippen molar-refractivity contribution in [2.75, 3.05) is 6.54 Å². The van der Waals surface area contributed by atoms with Crippen molar-refractivity contribution in [3.05, 3.63) is 119 Å². The van der Waals surface area contributed by atoms with Crippen LogP contribution >= 0.6 is 0 Å². The second-order valence-corrected chi connectivity index (χ2v) is 7.58. The van der Waals surface area contributed by atoms with E-state index < -0.39 is 28.7 Å². The second kappa shape index (κ2) is 7.42. The minimum absolute atomic E-state index is 0.148. The van der Waals surface area contributed by atoms with Gasteiger partial charge in [-0.15, -0.1) is 0 Å². The van der Waals surface area contributed by atoms with Crippen molar-refractivity contribution in [2.45, 2.75) is 5.60 Å². The molecule has 5 rings (SSSR count). The van der Waals surface area contributed by atoms with Crippen LogP contribution in [-0.2, 0) is 4.74 Å². The molecule has 0 unspecified atom stereocenters. The number of hydrogen-bond donors (Lipinski definition) is 1. The van der Waals surface area contributed by atoms with Crippen molar-refractivity contribution in [3.63, 3.8) is 0 Å². The molecular weight excluding hydrogens is 406 g/mol. The molecule has 3 aromatic carbocycles. The molecule has 32 heavy (non-hydrogen) atoms. The summed E-state index contributed by atoms with van der Waals surface area (Å²) < 4.78 is 5.97. The minimum atomic E-state index is -1.94. The quantitative estimate of drug-likeness (QED) is 0.299. The number of ether oxygens (including phenoxy) is 1. The fourth-order valence-corrected chi connectivity index (χ4v) is 4.05. The number of carbonyl (C=O) groups excluding carboxylic acids is 4. The Labute approximate surface area is 183 Å². The number of benzene rings is 3. The van der Waals surface area contributed by atoms with Gasteiger partial charge in [0.25, 0.3) is 5.60 Å². The van der Waals surface area contributed by atoms with Crippen LogP contribution < -0.4 is 5.32 Å². The fraction of sp³-hybridized carbons (Fsp3) is 0.0769. The van der Waals surface area contributed by atoms with Crippen LogP contribution in [0.3, 0.4) is 0 Å². The van der Waals surface area contributed by atoms with Gasteiger partial charge < -0.3 is 10.1 Å². The minimum Gasteiger partial charge on any atom is -0.453 e. The SMILES string of the molecule is O=C1C(=C2NCC(C(=O)c3ccccc3)(C(=O)c3ccccc3)O2)C(=O)c2ccccc21. The van der Waals surface area contributed by atoms with E-state index in [2.05, 4.69) is 5.32 Å². The Bertz CT molecular complexity index is 1220. The number of ketones is 4. The monoisotopic (exact) mass is 423 g/mol. The van der Waals surface area contributed by atoms with Crippen LogP contribution in [0.4, 0.5) is 0 Å². The first-order valence-corrected chi connectivity index (χ1v) is 10.1. The maximum absolute atomic E-state index is 13.5. The van der Waals surface area contributed by atoms with Gasteiger partial charge in [-0.3, -0.25) is 19.2 Å². The maximum atomic E-state index is 13.5. The number of hydrogen-bond acceptors (Lipinski definition) is 6. The number of Topliss-reactive ketones (excluding diaryl/α,β-unsaturated/α-hetero) is 4. The summed E-state index contributed by atoms with van der Waals surface area (Å²) >= 11 is 0. The number of rotatable bonds is 4.